The van der Waals surface area contributed by atoms with Crippen LogP contribution in [-0.4, -0.2) is 0 Å². The first-order valence-corrected chi connectivity index (χ1v) is 13.7. The van der Waals surface area contributed by atoms with Gasteiger partial charge >= 0.3 is 186 Å². The zero-order chi connectivity index (χ0) is 20.7. The van der Waals surface area contributed by atoms with Crippen LogP contribution in [0.3, 0.4) is 0 Å². The van der Waals surface area contributed by atoms with E-state index in [1.54, 1.807) is 22.3 Å². The molecule has 0 radical (unpaired) electrons. The molecule has 0 saturated carbocycles. The van der Waals surface area contributed by atoms with Gasteiger partial charge in [0.15, 0.2) is 0 Å². The third kappa shape index (κ3) is 3.08. The Labute approximate surface area is 186 Å². The summed E-state index contributed by atoms with van der Waals surface area (Å²) < 4.78 is 0. The van der Waals surface area contributed by atoms with Crippen molar-refractivity contribution in [2.24, 2.45) is 0 Å². The average Bonchev–Trinajstić information content (AvgIpc) is 3.50. The maximum absolute atomic E-state index is 2.57. The van der Waals surface area contributed by atoms with E-state index >= 15 is 0 Å². The van der Waals surface area contributed by atoms with Gasteiger partial charge in [-0.2, -0.15) is 0 Å². The van der Waals surface area contributed by atoms with E-state index < -0.39 is 7.26 Å². The summed E-state index contributed by atoms with van der Waals surface area (Å²) in [6.45, 7) is 0. The molecule has 0 heterocycles. The molecule has 0 nitrogen and oxygen atoms in total. The number of aryl methyl sites for hydroxylation is 4. The molecule has 1 heteroatoms. The molecule has 0 amide bonds. The second-order valence-corrected chi connectivity index (χ2v) is 13.0. The van der Waals surface area contributed by atoms with Gasteiger partial charge in [0.25, 0.3) is 0 Å². The monoisotopic (exact) mass is 420 g/mol. The van der Waals surface area contributed by atoms with E-state index in [4.69, 9.17) is 0 Å². The number of hydrogen-bond donors (Lipinski definition) is 0. The van der Waals surface area contributed by atoms with Crippen LogP contribution < -0.4 is 21.2 Å². The van der Waals surface area contributed by atoms with Crippen LogP contribution >= 0.6 is 7.26 Å². The Morgan fingerprint density at radius 2 is 0.806 bits per heavy atom. The van der Waals surface area contributed by atoms with Crippen LogP contribution in [0.25, 0.3) is 0 Å². The van der Waals surface area contributed by atoms with E-state index in [-0.39, 0.29) is 0 Å². The molecule has 0 saturated heterocycles. The van der Waals surface area contributed by atoms with Crippen molar-refractivity contribution in [1.29, 1.82) is 0 Å². The number of rotatable bonds is 4. The molecular formula is C30H29P. The van der Waals surface area contributed by atoms with Crippen LogP contribution in [0.1, 0.15) is 35.1 Å². The summed E-state index contributed by atoms with van der Waals surface area (Å²) >= 11 is 0. The second-order valence-electron chi connectivity index (χ2n) is 9.16. The van der Waals surface area contributed by atoms with Gasteiger partial charge in [-0.05, 0) is 0 Å². The predicted octanol–water partition coefficient (Wildman–Crippen LogP) is 5.02. The Kier molecular flexibility index (Phi) is 4.77. The van der Waals surface area contributed by atoms with Crippen molar-refractivity contribution in [3.63, 3.8) is 0 Å². The van der Waals surface area contributed by atoms with Crippen molar-refractivity contribution < 1.29 is 0 Å². The molecule has 0 aromatic heterocycles. The van der Waals surface area contributed by atoms with Crippen molar-refractivity contribution in [3.8, 4) is 0 Å². The van der Waals surface area contributed by atoms with Gasteiger partial charge in [0.1, 0.15) is 0 Å². The van der Waals surface area contributed by atoms with E-state index in [9.17, 15) is 0 Å². The van der Waals surface area contributed by atoms with Crippen molar-refractivity contribution in [2.75, 3.05) is 0 Å². The van der Waals surface area contributed by atoms with Crippen LogP contribution in [0, 0.1) is 0 Å². The Bertz CT molecular complexity index is 1130. The van der Waals surface area contributed by atoms with Crippen molar-refractivity contribution >= 4 is 28.5 Å². The van der Waals surface area contributed by atoms with E-state index in [1.165, 1.54) is 59.7 Å². The predicted molar refractivity (Wildman–Crippen MR) is 137 cm³/mol. The first-order valence-electron chi connectivity index (χ1n) is 11.7. The molecule has 4 aromatic rings. The van der Waals surface area contributed by atoms with Gasteiger partial charge in [0.05, 0.1) is 0 Å². The molecule has 0 fully saturated rings. The molecule has 0 unspecified atom stereocenters. The number of benzene rings is 4. The van der Waals surface area contributed by atoms with Gasteiger partial charge in [-0.3, -0.25) is 0 Å². The standard InChI is InChI=1S/C30H29P/c1-3-13-27(14-4-1)31(28-15-5-2-6-16-28,29-19-17-23-9-7-11-25(23)21-29)30-20-18-24-10-8-12-26(24)22-30/h1-6,13-22,31H,7-12H2. The fourth-order valence-corrected chi connectivity index (χ4v) is 10.8. The van der Waals surface area contributed by atoms with Gasteiger partial charge in [-0.1, -0.05) is 0 Å². The number of fused-ring (bicyclic) bond motifs is 2. The maximum atomic E-state index is 2.57. The minimum atomic E-state index is -2.39. The zero-order valence-corrected chi connectivity index (χ0v) is 19.0. The topological polar surface area (TPSA) is 0 Å². The van der Waals surface area contributed by atoms with E-state index in [0.717, 1.165) is 0 Å². The Morgan fingerprint density at radius 3 is 1.26 bits per heavy atom. The molecule has 0 spiro atoms. The molecule has 6 rings (SSSR count). The first-order chi connectivity index (χ1) is 15.4. The summed E-state index contributed by atoms with van der Waals surface area (Å²) in [5.74, 6) is 0. The summed E-state index contributed by atoms with van der Waals surface area (Å²) in [4.78, 5) is 0. The fourth-order valence-electron chi connectivity index (χ4n) is 5.99. The van der Waals surface area contributed by atoms with E-state index in [1.807, 2.05) is 0 Å². The molecule has 2 aliphatic carbocycles. The summed E-state index contributed by atoms with van der Waals surface area (Å²) in [5, 5.41) is 6.03. The van der Waals surface area contributed by atoms with Gasteiger partial charge in [-0.15, -0.1) is 0 Å². The molecule has 154 valence electrons. The molecule has 0 N–H and O–H groups in total. The van der Waals surface area contributed by atoms with Gasteiger partial charge in [0, 0.05) is 0 Å². The summed E-state index contributed by atoms with van der Waals surface area (Å²) in [5.41, 5.74) is 6.26. The summed E-state index contributed by atoms with van der Waals surface area (Å²) in [6.07, 6.45) is 7.51. The van der Waals surface area contributed by atoms with Crippen LogP contribution in [0.15, 0.2) is 97.1 Å². The Hall–Kier alpha value is -2.69. The molecule has 0 atom stereocenters. The van der Waals surface area contributed by atoms with Crippen molar-refractivity contribution in [3.05, 3.63) is 119 Å². The van der Waals surface area contributed by atoms with Crippen LogP contribution in [0.2, 0.25) is 0 Å². The molecule has 0 bridgehead atoms. The van der Waals surface area contributed by atoms with E-state index in [2.05, 4.69) is 97.1 Å². The van der Waals surface area contributed by atoms with Gasteiger partial charge in [0.2, 0.25) is 0 Å². The molecule has 31 heavy (non-hydrogen) atoms. The summed E-state index contributed by atoms with van der Waals surface area (Å²) in [7, 11) is -2.39. The minimum absolute atomic E-state index is 1.22. The normalized spacial score (nSPS) is 15.5. The number of hydrogen-bond acceptors (Lipinski definition) is 0. The van der Waals surface area contributed by atoms with Gasteiger partial charge in [-0.25, -0.2) is 0 Å². The molecule has 4 aromatic carbocycles. The second kappa shape index (κ2) is 7.77. The van der Waals surface area contributed by atoms with E-state index in [0.29, 0.717) is 0 Å². The van der Waals surface area contributed by atoms with Crippen molar-refractivity contribution in [1.82, 2.24) is 0 Å². The van der Waals surface area contributed by atoms with Crippen LogP contribution in [0.5, 0.6) is 0 Å². The van der Waals surface area contributed by atoms with Gasteiger partial charge < -0.3 is 0 Å². The first kappa shape index (κ1) is 19.0. The SMILES string of the molecule is c1ccc([PH](c2ccccc2)(c2ccc3c(c2)CCC3)c2ccc3c(c2)CCC3)cc1. The molecule has 0 aliphatic heterocycles. The average molecular weight is 421 g/mol. The molecule has 2 aliphatic rings. The third-order valence-corrected chi connectivity index (χ3v) is 12.2. The van der Waals surface area contributed by atoms with Crippen molar-refractivity contribution in [2.45, 2.75) is 38.5 Å². The van der Waals surface area contributed by atoms with Crippen LogP contribution in [0.4, 0.5) is 0 Å². The fraction of sp³-hybridized carbons (Fsp3) is 0.200. The Morgan fingerprint density at radius 1 is 0.387 bits per heavy atom. The molecular weight excluding hydrogens is 391 g/mol. The zero-order valence-electron chi connectivity index (χ0n) is 18.0. The summed E-state index contributed by atoms with van der Waals surface area (Å²) in [6, 6.07) is 37.6. The third-order valence-electron chi connectivity index (χ3n) is 7.48. The quantitative estimate of drug-likeness (QED) is 0.407. The Balaban J connectivity index is 1.70. The van der Waals surface area contributed by atoms with Crippen LogP contribution in [-0.2, 0) is 25.7 Å².